The lowest BCUT2D eigenvalue weighted by molar-refractivity contribution is 0.0715. The topological polar surface area (TPSA) is 121 Å². The van der Waals surface area contributed by atoms with Crippen LogP contribution < -0.4 is 4.74 Å². The monoisotopic (exact) mass is 463 g/mol. The SMILES string of the molecule is Cc1nn(C)c(OC(=O)c2cnoc2C2CC2)c1C(=O)c1ccc(S(C)(=O)=O)cc1Cl. The van der Waals surface area contributed by atoms with Crippen LogP contribution in [-0.4, -0.2) is 41.4 Å². The van der Waals surface area contributed by atoms with Crippen molar-refractivity contribution in [2.45, 2.75) is 30.6 Å². The maximum atomic E-state index is 13.2. The van der Waals surface area contributed by atoms with Crippen molar-refractivity contribution in [3.05, 3.63) is 57.6 Å². The van der Waals surface area contributed by atoms with Gasteiger partial charge in [0.1, 0.15) is 11.1 Å². The van der Waals surface area contributed by atoms with Gasteiger partial charge in [0.05, 0.1) is 21.8 Å². The number of halogens is 1. The predicted molar refractivity (Wildman–Crippen MR) is 109 cm³/mol. The van der Waals surface area contributed by atoms with Gasteiger partial charge in [0.15, 0.2) is 15.6 Å². The molecule has 0 spiro atoms. The summed E-state index contributed by atoms with van der Waals surface area (Å²) in [7, 11) is -1.95. The van der Waals surface area contributed by atoms with E-state index in [9.17, 15) is 18.0 Å². The van der Waals surface area contributed by atoms with E-state index in [1.165, 1.54) is 36.1 Å². The highest BCUT2D eigenvalue weighted by atomic mass is 35.5. The van der Waals surface area contributed by atoms with Crippen LogP contribution in [0.25, 0.3) is 0 Å². The summed E-state index contributed by atoms with van der Waals surface area (Å²) in [5, 5.41) is 7.84. The molecule has 1 saturated carbocycles. The van der Waals surface area contributed by atoms with Gasteiger partial charge in [0.2, 0.25) is 11.7 Å². The molecule has 4 rings (SSSR count). The lowest BCUT2D eigenvalue weighted by atomic mass is 10.0. The fraction of sp³-hybridized carbons (Fsp3) is 0.300. The number of ether oxygens (including phenoxy) is 1. The molecule has 1 aliphatic carbocycles. The van der Waals surface area contributed by atoms with E-state index in [1.807, 2.05) is 0 Å². The first-order valence-corrected chi connectivity index (χ1v) is 11.6. The molecule has 3 aromatic rings. The van der Waals surface area contributed by atoms with Crippen LogP contribution in [0.15, 0.2) is 33.8 Å². The van der Waals surface area contributed by atoms with E-state index in [4.69, 9.17) is 20.9 Å². The Hall–Kier alpha value is -2.98. The van der Waals surface area contributed by atoms with Crippen molar-refractivity contribution >= 4 is 33.2 Å². The standard InChI is InChI=1S/C20H18ClN3O6S/c1-10-16(17(25)13-7-6-12(8-15(13)21)31(3,27)28)19(24(2)23-10)29-20(26)14-9-22-30-18(14)11-4-5-11/h6-9,11H,4-5H2,1-3H3. The van der Waals surface area contributed by atoms with E-state index in [0.29, 0.717) is 11.5 Å². The number of hydrogen-bond acceptors (Lipinski definition) is 8. The molecule has 0 aliphatic heterocycles. The van der Waals surface area contributed by atoms with Crippen molar-refractivity contribution in [2.24, 2.45) is 7.05 Å². The second kappa shape index (κ2) is 7.61. The number of rotatable bonds is 6. The van der Waals surface area contributed by atoms with E-state index >= 15 is 0 Å². The van der Waals surface area contributed by atoms with E-state index in [0.717, 1.165) is 19.1 Å². The van der Waals surface area contributed by atoms with Gasteiger partial charge >= 0.3 is 5.97 Å². The van der Waals surface area contributed by atoms with Gasteiger partial charge in [-0.25, -0.2) is 17.9 Å². The van der Waals surface area contributed by atoms with Crippen LogP contribution in [0.5, 0.6) is 5.88 Å². The number of ketones is 1. The Balaban J connectivity index is 1.69. The third-order valence-corrected chi connectivity index (χ3v) is 6.39. The maximum absolute atomic E-state index is 13.2. The number of hydrogen-bond donors (Lipinski definition) is 0. The van der Waals surface area contributed by atoms with E-state index < -0.39 is 21.6 Å². The number of esters is 1. The Morgan fingerprint density at radius 2 is 1.97 bits per heavy atom. The first kappa shape index (κ1) is 21.3. The van der Waals surface area contributed by atoms with Crippen LogP contribution in [-0.2, 0) is 16.9 Å². The van der Waals surface area contributed by atoms with Gasteiger partial charge in [0, 0.05) is 24.8 Å². The Kier molecular flexibility index (Phi) is 5.22. The normalized spacial score (nSPS) is 13.9. The van der Waals surface area contributed by atoms with Gasteiger partial charge in [0.25, 0.3) is 0 Å². The van der Waals surface area contributed by atoms with Crippen LogP contribution in [0.4, 0.5) is 0 Å². The fourth-order valence-electron chi connectivity index (χ4n) is 3.25. The first-order chi connectivity index (χ1) is 14.6. The minimum absolute atomic E-state index is 0.0105. The summed E-state index contributed by atoms with van der Waals surface area (Å²) < 4.78 is 35.4. The number of aromatic nitrogens is 3. The van der Waals surface area contributed by atoms with Crippen LogP contribution in [0.3, 0.4) is 0 Å². The van der Waals surface area contributed by atoms with Crippen molar-refractivity contribution < 1.29 is 27.3 Å². The van der Waals surface area contributed by atoms with Crippen LogP contribution in [0.1, 0.15) is 56.5 Å². The summed E-state index contributed by atoms with van der Waals surface area (Å²) in [5.74, 6) is -0.702. The Bertz CT molecular complexity index is 1320. The lowest BCUT2D eigenvalue weighted by Gasteiger charge is -2.09. The van der Waals surface area contributed by atoms with Crippen LogP contribution in [0.2, 0.25) is 5.02 Å². The largest absolute Gasteiger partial charge is 0.403 e. The lowest BCUT2D eigenvalue weighted by Crippen LogP contribution is -2.15. The Morgan fingerprint density at radius 1 is 1.26 bits per heavy atom. The molecule has 2 heterocycles. The molecule has 1 aromatic carbocycles. The summed E-state index contributed by atoms with van der Waals surface area (Å²) in [4.78, 5) is 26.0. The summed E-state index contributed by atoms with van der Waals surface area (Å²) in [5.41, 5.74) is 0.641. The molecule has 11 heteroatoms. The molecule has 0 atom stereocenters. The fourth-order valence-corrected chi connectivity index (χ4v) is 4.22. The molecule has 0 unspecified atom stereocenters. The summed E-state index contributed by atoms with van der Waals surface area (Å²) >= 11 is 6.20. The second-order valence-corrected chi connectivity index (χ2v) is 9.82. The van der Waals surface area contributed by atoms with E-state index in [-0.39, 0.29) is 38.4 Å². The highest BCUT2D eigenvalue weighted by Crippen LogP contribution is 2.42. The van der Waals surface area contributed by atoms with Crippen LogP contribution >= 0.6 is 11.6 Å². The Morgan fingerprint density at radius 3 is 2.58 bits per heavy atom. The maximum Gasteiger partial charge on any atom is 0.350 e. The number of aryl methyl sites for hydroxylation is 2. The Labute approximate surface area is 182 Å². The van der Waals surface area contributed by atoms with Crippen molar-refractivity contribution in [3.63, 3.8) is 0 Å². The molecule has 0 radical (unpaired) electrons. The summed E-state index contributed by atoms with van der Waals surface area (Å²) in [6, 6.07) is 3.83. The number of carbonyl (C=O) groups excluding carboxylic acids is 2. The number of carbonyl (C=O) groups is 2. The second-order valence-electron chi connectivity index (χ2n) is 7.40. The highest BCUT2D eigenvalue weighted by Gasteiger charge is 2.34. The number of benzene rings is 1. The van der Waals surface area contributed by atoms with Crippen molar-refractivity contribution in [3.8, 4) is 5.88 Å². The quantitative estimate of drug-likeness (QED) is 0.403. The molecular formula is C20H18ClN3O6S. The molecule has 162 valence electrons. The van der Waals surface area contributed by atoms with E-state index in [1.54, 1.807) is 6.92 Å². The van der Waals surface area contributed by atoms with Gasteiger partial charge in [-0.05, 0) is 38.0 Å². The third-order valence-electron chi connectivity index (χ3n) is 4.97. The van der Waals surface area contributed by atoms with Crippen LogP contribution in [0, 0.1) is 6.92 Å². The molecular weight excluding hydrogens is 446 g/mol. The number of sulfone groups is 1. The zero-order valence-electron chi connectivity index (χ0n) is 16.9. The molecule has 1 fully saturated rings. The molecule has 1 aliphatic rings. The predicted octanol–water partition coefficient (Wildman–Crippen LogP) is 3.10. The molecule has 2 aromatic heterocycles. The van der Waals surface area contributed by atoms with E-state index in [2.05, 4.69) is 10.3 Å². The molecule has 0 amide bonds. The number of nitrogens with zero attached hydrogens (tertiary/aromatic N) is 3. The van der Waals surface area contributed by atoms with Gasteiger partial charge in [-0.3, -0.25) is 4.79 Å². The average Bonchev–Trinajstić information content (AvgIpc) is 3.34. The highest BCUT2D eigenvalue weighted by molar-refractivity contribution is 7.90. The molecule has 0 saturated heterocycles. The molecule has 9 nitrogen and oxygen atoms in total. The smallest absolute Gasteiger partial charge is 0.350 e. The van der Waals surface area contributed by atoms with Gasteiger partial charge < -0.3 is 9.26 Å². The molecule has 0 N–H and O–H groups in total. The minimum Gasteiger partial charge on any atom is -0.403 e. The summed E-state index contributed by atoms with van der Waals surface area (Å²) in [6.07, 6.45) is 4.16. The van der Waals surface area contributed by atoms with Gasteiger partial charge in [-0.1, -0.05) is 16.8 Å². The van der Waals surface area contributed by atoms with Crippen molar-refractivity contribution in [1.82, 2.24) is 14.9 Å². The average molecular weight is 464 g/mol. The first-order valence-electron chi connectivity index (χ1n) is 9.32. The van der Waals surface area contributed by atoms with Gasteiger partial charge in [-0.15, -0.1) is 0 Å². The van der Waals surface area contributed by atoms with Crippen molar-refractivity contribution in [1.29, 1.82) is 0 Å². The van der Waals surface area contributed by atoms with Gasteiger partial charge in [-0.2, -0.15) is 5.10 Å². The third kappa shape index (κ3) is 4.00. The van der Waals surface area contributed by atoms with Crippen molar-refractivity contribution in [2.75, 3.05) is 6.26 Å². The zero-order chi connectivity index (χ0) is 22.5. The minimum atomic E-state index is -3.49. The molecule has 0 bridgehead atoms. The summed E-state index contributed by atoms with van der Waals surface area (Å²) in [6.45, 7) is 1.60. The zero-order valence-corrected chi connectivity index (χ0v) is 18.5. The molecule has 31 heavy (non-hydrogen) atoms.